The lowest BCUT2D eigenvalue weighted by Crippen LogP contribution is -2.43. The molecular weight excluding hydrogens is 258 g/mol. The van der Waals surface area contributed by atoms with Crippen molar-refractivity contribution in [2.45, 2.75) is 50.4 Å². The zero-order valence-corrected chi connectivity index (χ0v) is 12.4. The summed E-state index contributed by atoms with van der Waals surface area (Å²) >= 11 is 6.30. The van der Waals surface area contributed by atoms with Crippen LogP contribution in [0.15, 0.2) is 0 Å². The molecule has 1 fully saturated rings. The van der Waals surface area contributed by atoms with Crippen molar-refractivity contribution in [3.63, 3.8) is 0 Å². The fraction of sp³-hybridized carbons (Fsp3) is 1.00. The molecule has 1 rings (SSSR count). The highest BCUT2D eigenvalue weighted by molar-refractivity contribution is 7.91. The van der Waals surface area contributed by atoms with Gasteiger partial charge in [0.05, 0.1) is 5.75 Å². The van der Waals surface area contributed by atoms with Crippen molar-refractivity contribution < 1.29 is 8.42 Å². The molecule has 0 heterocycles. The predicted molar refractivity (Wildman–Crippen MR) is 73.5 cm³/mol. The maximum absolute atomic E-state index is 11.6. The summed E-state index contributed by atoms with van der Waals surface area (Å²) in [5, 5.41) is 0.183. The van der Waals surface area contributed by atoms with E-state index in [2.05, 4.69) is 4.90 Å². The first kappa shape index (κ1) is 15.3. The quantitative estimate of drug-likeness (QED) is 0.701. The van der Waals surface area contributed by atoms with Crippen LogP contribution in [-0.4, -0.2) is 49.8 Å². The molecule has 1 aliphatic rings. The van der Waals surface area contributed by atoms with E-state index >= 15 is 0 Å². The SMILES string of the molecule is CCCS(=O)(=O)CCN(C)C1CCCCC1Cl. The Labute approximate surface area is 110 Å². The third-order valence-electron chi connectivity index (χ3n) is 3.48. The third kappa shape index (κ3) is 5.14. The number of halogens is 1. The summed E-state index contributed by atoms with van der Waals surface area (Å²) in [5.74, 6) is 0.563. The van der Waals surface area contributed by atoms with E-state index in [-0.39, 0.29) is 11.1 Å². The van der Waals surface area contributed by atoms with Gasteiger partial charge in [-0.25, -0.2) is 8.42 Å². The van der Waals surface area contributed by atoms with Gasteiger partial charge in [0.1, 0.15) is 0 Å². The van der Waals surface area contributed by atoms with Crippen molar-refractivity contribution in [3.05, 3.63) is 0 Å². The highest BCUT2D eigenvalue weighted by Gasteiger charge is 2.27. The Balaban J connectivity index is 2.40. The summed E-state index contributed by atoms with van der Waals surface area (Å²) in [5.41, 5.74) is 0. The standard InChI is InChI=1S/C12H24ClNO2S/c1-3-9-17(15,16)10-8-14(2)12-7-5-4-6-11(12)13/h11-12H,3-10H2,1-2H3. The van der Waals surface area contributed by atoms with Gasteiger partial charge in [0.25, 0.3) is 0 Å². The maximum Gasteiger partial charge on any atom is 0.151 e. The number of sulfone groups is 1. The lowest BCUT2D eigenvalue weighted by molar-refractivity contribution is 0.205. The summed E-state index contributed by atoms with van der Waals surface area (Å²) in [6, 6.07) is 0.349. The van der Waals surface area contributed by atoms with Crippen molar-refractivity contribution in [3.8, 4) is 0 Å². The molecule has 0 aromatic rings. The van der Waals surface area contributed by atoms with Gasteiger partial charge < -0.3 is 4.90 Å². The number of hydrogen-bond donors (Lipinski definition) is 0. The minimum Gasteiger partial charge on any atom is -0.301 e. The van der Waals surface area contributed by atoms with Crippen LogP contribution in [0.4, 0.5) is 0 Å². The lowest BCUT2D eigenvalue weighted by atomic mass is 9.94. The molecule has 1 aliphatic carbocycles. The smallest absolute Gasteiger partial charge is 0.151 e. The van der Waals surface area contributed by atoms with Gasteiger partial charge >= 0.3 is 0 Å². The molecule has 0 bridgehead atoms. The zero-order chi connectivity index (χ0) is 12.9. The molecule has 0 amide bonds. The van der Waals surface area contributed by atoms with E-state index in [9.17, 15) is 8.42 Å². The van der Waals surface area contributed by atoms with Gasteiger partial charge in [-0.05, 0) is 26.3 Å². The van der Waals surface area contributed by atoms with Gasteiger partial charge in [0.15, 0.2) is 9.84 Å². The molecule has 0 spiro atoms. The van der Waals surface area contributed by atoms with Gasteiger partial charge in [-0.15, -0.1) is 11.6 Å². The van der Waals surface area contributed by atoms with E-state index in [1.807, 2.05) is 14.0 Å². The average Bonchev–Trinajstić information content (AvgIpc) is 2.27. The van der Waals surface area contributed by atoms with E-state index in [0.717, 1.165) is 12.8 Å². The Morgan fingerprint density at radius 2 is 1.88 bits per heavy atom. The zero-order valence-electron chi connectivity index (χ0n) is 10.9. The number of rotatable bonds is 6. The van der Waals surface area contributed by atoms with Crippen LogP contribution in [0.25, 0.3) is 0 Å². The Morgan fingerprint density at radius 1 is 1.24 bits per heavy atom. The summed E-state index contributed by atoms with van der Waals surface area (Å²) in [4.78, 5) is 2.13. The summed E-state index contributed by atoms with van der Waals surface area (Å²) in [6.45, 7) is 2.51. The molecule has 2 unspecified atom stereocenters. The van der Waals surface area contributed by atoms with Gasteiger partial charge in [-0.3, -0.25) is 0 Å². The normalized spacial score (nSPS) is 26.4. The Kier molecular flexibility index (Phi) is 6.24. The second-order valence-corrected chi connectivity index (χ2v) is 7.86. The Hall–Kier alpha value is 0.200. The predicted octanol–water partition coefficient (Wildman–Crippen LogP) is 2.29. The van der Waals surface area contributed by atoms with E-state index in [1.165, 1.54) is 12.8 Å². The van der Waals surface area contributed by atoms with Crippen LogP contribution in [0.5, 0.6) is 0 Å². The molecule has 0 aromatic carbocycles. The van der Waals surface area contributed by atoms with E-state index < -0.39 is 9.84 Å². The second kappa shape index (κ2) is 6.95. The van der Waals surface area contributed by atoms with E-state index in [0.29, 0.717) is 24.8 Å². The van der Waals surface area contributed by atoms with Crippen molar-refractivity contribution in [1.82, 2.24) is 4.90 Å². The summed E-state index contributed by atoms with van der Waals surface area (Å²) in [6.07, 6.45) is 5.26. The van der Waals surface area contributed by atoms with Crippen LogP contribution in [0.1, 0.15) is 39.0 Å². The first-order chi connectivity index (χ1) is 7.96. The second-order valence-electron chi connectivity index (χ2n) is 5.00. The largest absolute Gasteiger partial charge is 0.301 e. The van der Waals surface area contributed by atoms with Crippen molar-refractivity contribution in [1.29, 1.82) is 0 Å². The molecule has 2 atom stereocenters. The van der Waals surface area contributed by atoms with Crippen LogP contribution in [0, 0.1) is 0 Å². The highest BCUT2D eigenvalue weighted by Crippen LogP contribution is 2.26. The van der Waals surface area contributed by atoms with Gasteiger partial charge in [0.2, 0.25) is 0 Å². The van der Waals surface area contributed by atoms with Crippen LogP contribution in [-0.2, 0) is 9.84 Å². The minimum absolute atomic E-state index is 0.183. The minimum atomic E-state index is -2.87. The Bertz CT molecular complexity index is 318. The van der Waals surface area contributed by atoms with Crippen LogP contribution >= 0.6 is 11.6 Å². The molecule has 0 aliphatic heterocycles. The van der Waals surface area contributed by atoms with Crippen molar-refractivity contribution >= 4 is 21.4 Å². The van der Waals surface area contributed by atoms with E-state index in [4.69, 9.17) is 11.6 Å². The van der Waals surface area contributed by atoms with Crippen molar-refractivity contribution in [2.75, 3.05) is 25.1 Å². The molecule has 102 valence electrons. The maximum atomic E-state index is 11.6. The van der Waals surface area contributed by atoms with Gasteiger partial charge in [0, 0.05) is 23.7 Å². The topological polar surface area (TPSA) is 37.4 Å². The molecule has 0 radical (unpaired) electrons. The number of alkyl halides is 1. The molecule has 0 aromatic heterocycles. The molecule has 1 saturated carbocycles. The Morgan fingerprint density at radius 3 is 2.47 bits per heavy atom. The number of nitrogens with zero attached hydrogens (tertiary/aromatic N) is 1. The molecule has 3 nitrogen and oxygen atoms in total. The fourth-order valence-corrected chi connectivity index (χ4v) is 4.29. The first-order valence-electron chi connectivity index (χ1n) is 6.51. The van der Waals surface area contributed by atoms with Crippen LogP contribution in [0.3, 0.4) is 0 Å². The summed E-state index contributed by atoms with van der Waals surface area (Å²) in [7, 11) is -0.875. The third-order valence-corrected chi connectivity index (χ3v) is 5.83. The van der Waals surface area contributed by atoms with E-state index in [1.54, 1.807) is 0 Å². The first-order valence-corrected chi connectivity index (χ1v) is 8.77. The van der Waals surface area contributed by atoms with Gasteiger partial charge in [-0.2, -0.15) is 0 Å². The number of hydrogen-bond acceptors (Lipinski definition) is 3. The molecule has 17 heavy (non-hydrogen) atoms. The lowest BCUT2D eigenvalue weighted by Gasteiger charge is -2.34. The average molecular weight is 282 g/mol. The molecule has 0 N–H and O–H groups in total. The summed E-state index contributed by atoms with van der Waals surface area (Å²) < 4.78 is 23.3. The van der Waals surface area contributed by atoms with Crippen molar-refractivity contribution in [2.24, 2.45) is 0 Å². The highest BCUT2D eigenvalue weighted by atomic mass is 35.5. The molecule has 0 saturated heterocycles. The van der Waals surface area contributed by atoms with Crippen LogP contribution < -0.4 is 0 Å². The van der Waals surface area contributed by atoms with Crippen LogP contribution in [0.2, 0.25) is 0 Å². The fourth-order valence-electron chi connectivity index (χ4n) is 2.42. The molecular formula is C12H24ClNO2S. The molecule has 5 heteroatoms. The monoisotopic (exact) mass is 281 g/mol. The van der Waals surface area contributed by atoms with Gasteiger partial charge in [-0.1, -0.05) is 19.8 Å².